The van der Waals surface area contributed by atoms with Crippen molar-refractivity contribution in [2.45, 2.75) is 6.92 Å². The molecule has 1 amide bonds. The van der Waals surface area contributed by atoms with Crippen LogP contribution in [0.2, 0.25) is 5.15 Å². The van der Waals surface area contributed by atoms with Gasteiger partial charge in [-0.3, -0.25) is 14.0 Å². The average Bonchev–Trinajstić information content (AvgIpc) is 3.22. The van der Waals surface area contributed by atoms with Gasteiger partial charge in [-0.2, -0.15) is 0 Å². The smallest absolute Gasteiger partial charge is 0.293 e. The van der Waals surface area contributed by atoms with Gasteiger partial charge in [0.1, 0.15) is 10.8 Å². The fourth-order valence-corrected chi connectivity index (χ4v) is 3.25. The van der Waals surface area contributed by atoms with E-state index in [0.717, 1.165) is 0 Å². The molecule has 0 radical (unpaired) electrons. The number of nitrogens with one attached hydrogen (secondary N) is 1. The third kappa shape index (κ3) is 4.66. The van der Waals surface area contributed by atoms with Gasteiger partial charge in [0.15, 0.2) is 11.4 Å². The minimum absolute atomic E-state index is 0.0674. The summed E-state index contributed by atoms with van der Waals surface area (Å²) in [5.74, 6) is 5.52. The molecule has 0 aliphatic heterocycles. The summed E-state index contributed by atoms with van der Waals surface area (Å²) in [6.07, 6.45) is 1.52. The first-order valence-electron chi connectivity index (χ1n) is 9.82. The van der Waals surface area contributed by atoms with Crippen LogP contribution >= 0.6 is 11.6 Å². The molecule has 3 aromatic heterocycles. The minimum Gasteiger partial charge on any atom is -0.374 e. The Labute approximate surface area is 194 Å². The molecule has 0 fully saturated rings. The lowest BCUT2D eigenvalue weighted by atomic mass is 10.1. The van der Waals surface area contributed by atoms with Crippen molar-refractivity contribution >= 4 is 40.3 Å². The van der Waals surface area contributed by atoms with Gasteiger partial charge in [-0.15, -0.1) is 10.2 Å². The maximum Gasteiger partial charge on any atom is 0.293 e. The summed E-state index contributed by atoms with van der Waals surface area (Å²) >= 11 is 6.25. The number of carbonyl (C=O) groups is 2. The summed E-state index contributed by atoms with van der Waals surface area (Å²) in [7, 11) is 3.64. The molecule has 1 aromatic carbocycles. The van der Waals surface area contributed by atoms with E-state index in [1.54, 1.807) is 51.8 Å². The van der Waals surface area contributed by atoms with Gasteiger partial charge in [-0.1, -0.05) is 29.8 Å². The zero-order valence-corrected chi connectivity index (χ0v) is 18.8. The molecule has 0 aliphatic carbocycles. The molecule has 4 aromatic rings. The van der Waals surface area contributed by atoms with Crippen molar-refractivity contribution in [3.8, 4) is 11.8 Å². The number of carbonyl (C=O) groups excluding carboxylic acids is 2. The third-order valence-corrected chi connectivity index (χ3v) is 4.95. The summed E-state index contributed by atoms with van der Waals surface area (Å²) in [5.41, 5.74) is 2.47. The van der Waals surface area contributed by atoms with Crippen LogP contribution in [0.15, 0.2) is 48.7 Å². The number of pyridine rings is 1. The van der Waals surface area contributed by atoms with Crippen molar-refractivity contribution in [3.05, 3.63) is 76.7 Å². The molecule has 9 nitrogen and oxygen atoms in total. The zero-order chi connectivity index (χ0) is 23.5. The minimum atomic E-state index is -0.528. The molecule has 0 bridgehead atoms. The van der Waals surface area contributed by atoms with E-state index in [4.69, 9.17) is 11.6 Å². The van der Waals surface area contributed by atoms with Crippen molar-refractivity contribution in [2.24, 2.45) is 0 Å². The molecule has 4 rings (SSSR count). The molecule has 3 heterocycles. The Morgan fingerprint density at radius 1 is 1.09 bits per heavy atom. The lowest BCUT2D eigenvalue weighted by Gasteiger charge is -2.14. The number of ketones is 1. The van der Waals surface area contributed by atoms with Gasteiger partial charge in [0, 0.05) is 25.3 Å². The van der Waals surface area contributed by atoms with E-state index in [-0.39, 0.29) is 11.6 Å². The highest BCUT2D eigenvalue weighted by Crippen LogP contribution is 2.17. The lowest BCUT2D eigenvalue weighted by molar-refractivity contribution is 0.100. The SMILES string of the molecule is CC(=O)c1cccc(NC(=O)c2ncc(N(C)C)c(C#Cc3nnc4cccc(Cl)n34)n2)c1. The number of hydrogen-bond donors (Lipinski definition) is 1. The molecule has 0 saturated carbocycles. The molecular formula is C23H18ClN7O2. The molecule has 33 heavy (non-hydrogen) atoms. The second-order valence-electron chi connectivity index (χ2n) is 7.23. The molecule has 164 valence electrons. The zero-order valence-electron chi connectivity index (χ0n) is 18.0. The fraction of sp³-hybridized carbons (Fsp3) is 0.130. The van der Waals surface area contributed by atoms with Gasteiger partial charge in [-0.25, -0.2) is 9.97 Å². The number of rotatable bonds is 4. The van der Waals surface area contributed by atoms with Crippen molar-refractivity contribution in [2.75, 3.05) is 24.3 Å². The summed E-state index contributed by atoms with van der Waals surface area (Å²) in [4.78, 5) is 34.7. The van der Waals surface area contributed by atoms with Crippen LogP contribution in [0.5, 0.6) is 0 Å². The van der Waals surface area contributed by atoms with Gasteiger partial charge >= 0.3 is 0 Å². The summed E-state index contributed by atoms with van der Waals surface area (Å²) < 4.78 is 1.61. The van der Waals surface area contributed by atoms with Crippen molar-refractivity contribution in [3.63, 3.8) is 0 Å². The van der Waals surface area contributed by atoms with E-state index in [0.29, 0.717) is 39.3 Å². The van der Waals surface area contributed by atoms with E-state index >= 15 is 0 Å². The quantitative estimate of drug-likeness (QED) is 0.284. The van der Waals surface area contributed by atoms with Crippen LogP contribution in [0.1, 0.15) is 39.4 Å². The number of hydrogen-bond acceptors (Lipinski definition) is 7. The van der Waals surface area contributed by atoms with Crippen molar-refractivity contribution in [1.82, 2.24) is 24.6 Å². The Morgan fingerprint density at radius 3 is 2.64 bits per heavy atom. The van der Waals surface area contributed by atoms with Crippen LogP contribution in [-0.2, 0) is 0 Å². The molecule has 0 aliphatic rings. The number of Topliss-reactive ketones (excluding diaryl/α,β-unsaturated/α-hetero) is 1. The summed E-state index contributed by atoms with van der Waals surface area (Å²) in [5, 5.41) is 11.3. The van der Waals surface area contributed by atoms with Crippen LogP contribution in [0.25, 0.3) is 5.65 Å². The first kappa shape index (κ1) is 21.9. The molecule has 0 saturated heterocycles. The maximum atomic E-state index is 12.8. The molecule has 0 spiro atoms. The second-order valence-corrected chi connectivity index (χ2v) is 7.62. The Bertz CT molecular complexity index is 1450. The molecular weight excluding hydrogens is 442 g/mol. The van der Waals surface area contributed by atoms with E-state index in [9.17, 15) is 9.59 Å². The van der Waals surface area contributed by atoms with Gasteiger partial charge in [0.2, 0.25) is 11.6 Å². The monoisotopic (exact) mass is 459 g/mol. The van der Waals surface area contributed by atoms with Crippen LogP contribution < -0.4 is 10.2 Å². The van der Waals surface area contributed by atoms with Gasteiger partial charge < -0.3 is 10.2 Å². The lowest BCUT2D eigenvalue weighted by Crippen LogP contribution is -2.19. The van der Waals surface area contributed by atoms with Gasteiger partial charge in [-0.05, 0) is 43.0 Å². The van der Waals surface area contributed by atoms with Crippen molar-refractivity contribution < 1.29 is 9.59 Å². The normalized spacial score (nSPS) is 10.4. The molecule has 1 N–H and O–H groups in total. The van der Waals surface area contributed by atoms with Crippen LogP contribution in [-0.4, -0.2) is 50.4 Å². The number of nitrogens with zero attached hydrogens (tertiary/aromatic N) is 6. The van der Waals surface area contributed by atoms with E-state index in [1.807, 2.05) is 14.1 Å². The number of halogens is 1. The van der Waals surface area contributed by atoms with Crippen LogP contribution in [0, 0.1) is 11.8 Å². The first-order chi connectivity index (χ1) is 15.8. The maximum absolute atomic E-state index is 12.8. The summed E-state index contributed by atoms with van der Waals surface area (Å²) in [6.45, 7) is 1.46. The molecule has 10 heteroatoms. The van der Waals surface area contributed by atoms with Gasteiger partial charge in [0.25, 0.3) is 5.91 Å². The third-order valence-electron chi connectivity index (χ3n) is 4.65. The predicted molar refractivity (Wildman–Crippen MR) is 125 cm³/mol. The average molecular weight is 460 g/mol. The molecule has 0 unspecified atom stereocenters. The standard InChI is InChI=1S/C23H18ClN7O2/c1-14(32)15-6-4-7-16(12-15)26-23(33)22-25-13-18(30(2)3)17(27-22)10-11-21-29-28-20-9-5-8-19(24)31(20)21/h4-9,12-13H,1-3H3,(H,26,33). The largest absolute Gasteiger partial charge is 0.374 e. The number of anilines is 2. The summed E-state index contributed by atoms with van der Waals surface area (Å²) in [6, 6.07) is 11.9. The predicted octanol–water partition coefficient (Wildman–Crippen LogP) is 3.09. The van der Waals surface area contributed by atoms with Crippen molar-refractivity contribution in [1.29, 1.82) is 0 Å². The number of aromatic nitrogens is 5. The fourth-order valence-electron chi connectivity index (χ4n) is 3.01. The second kappa shape index (κ2) is 9.06. The Morgan fingerprint density at radius 2 is 1.88 bits per heavy atom. The highest BCUT2D eigenvalue weighted by molar-refractivity contribution is 6.29. The van der Waals surface area contributed by atoms with Crippen LogP contribution in [0.3, 0.4) is 0 Å². The van der Waals surface area contributed by atoms with Gasteiger partial charge in [0.05, 0.1) is 11.9 Å². The Hall–Kier alpha value is -4.29. The highest BCUT2D eigenvalue weighted by Gasteiger charge is 2.15. The number of fused-ring (bicyclic) bond motifs is 1. The van der Waals surface area contributed by atoms with E-state index in [2.05, 4.69) is 37.3 Å². The number of benzene rings is 1. The molecule has 0 atom stereocenters. The number of amides is 1. The Balaban J connectivity index is 1.68. The first-order valence-corrected chi connectivity index (χ1v) is 10.2. The Kier molecular flexibility index (Phi) is 6.02. The van der Waals surface area contributed by atoms with E-state index < -0.39 is 5.91 Å². The highest BCUT2D eigenvalue weighted by atomic mass is 35.5. The van der Waals surface area contributed by atoms with Crippen LogP contribution in [0.4, 0.5) is 11.4 Å². The van der Waals surface area contributed by atoms with E-state index in [1.165, 1.54) is 13.1 Å². The topological polar surface area (TPSA) is 105 Å².